The third kappa shape index (κ3) is 4.06. The SMILES string of the molecule is O=C(O)Cc1ccccc1CNC(=O)[C@H]1CCCNC1. The first-order chi connectivity index (χ1) is 9.66. The largest absolute Gasteiger partial charge is 0.481 e. The number of carbonyl (C=O) groups excluding carboxylic acids is 1. The number of piperidine rings is 1. The Morgan fingerprint density at radius 2 is 2.05 bits per heavy atom. The van der Waals surface area contributed by atoms with Gasteiger partial charge >= 0.3 is 5.97 Å². The summed E-state index contributed by atoms with van der Waals surface area (Å²) in [5.74, 6) is -0.794. The van der Waals surface area contributed by atoms with Gasteiger partial charge in [-0.05, 0) is 30.5 Å². The van der Waals surface area contributed by atoms with Gasteiger partial charge in [0.15, 0.2) is 0 Å². The summed E-state index contributed by atoms with van der Waals surface area (Å²) in [4.78, 5) is 22.8. The van der Waals surface area contributed by atoms with Gasteiger partial charge < -0.3 is 15.7 Å². The highest BCUT2D eigenvalue weighted by atomic mass is 16.4. The Morgan fingerprint density at radius 1 is 1.30 bits per heavy atom. The predicted molar refractivity (Wildman–Crippen MR) is 75.2 cm³/mol. The highest BCUT2D eigenvalue weighted by molar-refractivity contribution is 5.79. The Hall–Kier alpha value is -1.88. The van der Waals surface area contributed by atoms with E-state index in [9.17, 15) is 9.59 Å². The molecule has 108 valence electrons. The maximum Gasteiger partial charge on any atom is 0.307 e. The van der Waals surface area contributed by atoms with Gasteiger partial charge in [-0.15, -0.1) is 0 Å². The number of nitrogens with one attached hydrogen (secondary N) is 2. The number of benzene rings is 1. The summed E-state index contributed by atoms with van der Waals surface area (Å²) in [5, 5.41) is 15.0. The second kappa shape index (κ2) is 7.05. The molecule has 3 N–H and O–H groups in total. The molecule has 0 bridgehead atoms. The zero-order chi connectivity index (χ0) is 14.4. The number of rotatable bonds is 5. The standard InChI is InChI=1S/C15H20N2O3/c18-14(19)8-11-4-1-2-5-12(11)10-17-15(20)13-6-3-7-16-9-13/h1-2,4-5,13,16H,3,6-10H2,(H,17,20)(H,18,19)/t13-/m0/s1. The highest BCUT2D eigenvalue weighted by Crippen LogP contribution is 2.12. The Kier molecular flexibility index (Phi) is 5.12. The van der Waals surface area contributed by atoms with Crippen LogP contribution >= 0.6 is 0 Å². The summed E-state index contributed by atoms with van der Waals surface area (Å²) >= 11 is 0. The molecule has 1 aliphatic heterocycles. The average molecular weight is 276 g/mol. The molecule has 1 saturated heterocycles. The van der Waals surface area contributed by atoms with Crippen molar-refractivity contribution in [2.45, 2.75) is 25.8 Å². The van der Waals surface area contributed by atoms with Crippen molar-refractivity contribution in [2.75, 3.05) is 13.1 Å². The summed E-state index contributed by atoms with van der Waals surface area (Å²) in [6.07, 6.45) is 1.92. The molecule has 1 heterocycles. The smallest absolute Gasteiger partial charge is 0.307 e. The normalized spacial score (nSPS) is 18.5. The van der Waals surface area contributed by atoms with Crippen molar-refractivity contribution in [2.24, 2.45) is 5.92 Å². The van der Waals surface area contributed by atoms with Crippen molar-refractivity contribution in [3.8, 4) is 0 Å². The Morgan fingerprint density at radius 3 is 2.70 bits per heavy atom. The molecule has 20 heavy (non-hydrogen) atoms. The maximum absolute atomic E-state index is 12.0. The van der Waals surface area contributed by atoms with Crippen LogP contribution in [0.3, 0.4) is 0 Å². The maximum atomic E-state index is 12.0. The molecule has 1 aliphatic rings. The molecular weight excluding hydrogens is 256 g/mol. The molecule has 0 radical (unpaired) electrons. The third-order valence-corrected chi connectivity index (χ3v) is 3.58. The number of carboxylic acids is 1. The van der Waals surface area contributed by atoms with Crippen LogP contribution in [0.25, 0.3) is 0 Å². The first kappa shape index (κ1) is 14.5. The van der Waals surface area contributed by atoms with Gasteiger partial charge in [0.25, 0.3) is 0 Å². The van der Waals surface area contributed by atoms with Gasteiger partial charge in [-0.2, -0.15) is 0 Å². The molecule has 0 aromatic heterocycles. The van der Waals surface area contributed by atoms with E-state index in [4.69, 9.17) is 5.11 Å². The predicted octanol–water partition coefficient (Wildman–Crippen LogP) is 0.930. The lowest BCUT2D eigenvalue weighted by Crippen LogP contribution is -2.40. The lowest BCUT2D eigenvalue weighted by molar-refractivity contribution is -0.136. The molecule has 0 spiro atoms. The van der Waals surface area contributed by atoms with Crippen LogP contribution in [0.15, 0.2) is 24.3 Å². The van der Waals surface area contributed by atoms with Gasteiger partial charge in [-0.1, -0.05) is 24.3 Å². The number of carbonyl (C=O) groups is 2. The number of carboxylic acid groups (broad SMARTS) is 1. The van der Waals surface area contributed by atoms with E-state index in [0.29, 0.717) is 6.54 Å². The van der Waals surface area contributed by atoms with Crippen molar-refractivity contribution in [3.05, 3.63) is 35.4 Å². The number of hydrogen-bond acceptors (Lipinski definition) is 3. The topological polar surface area (TPSA) is 78.4 Å². The van der Waals surface area contributed by atoms with E-state index in [-0.39, 0.29) is 18.2 Å². The average Bonchev–Trinajstić information content (AvgIpc) is 2.46. The molecule has 1 aromatic rings. The van der Waals surface area contributed by atoms with E-state index < -0.39 is 5.97 Å². The van der Waals surface area contributed by atoms with Crippen molar-refractivity contribution in [1.82, 2.24) is 10.6 Å². The van der Waals surface area contributed by atoms with E-state index in [0.717, 1.165) is 37.1 Å². The molecule has 1 aromatic carbocycles. The van der Waals surface area contributed by atoms with Crippen LogP contribution in [0.4, 0.5) is 0 Å². The van der Waals surface area contributed by atoms with E-state index in [1.807, 2.05) is 18.2 Å². The Labute approximate surface area is 118 Å². The van der Waals surface area contributed by atoms with Gasteiger partial charge in [-0.25, -0.2) is 0 Å². The molecule has 1 atom stereocenters. The van der Waals surface area contributed by atoms with Gasteiger partial charge in [0, 0.05) is 13.1 Å². The minimum atomic E-state index is -0.861. The number of aliphatic carboxylic acids is 1. The second-order valence-electron chi connectivity index (χ2n) is 5.10. The van der Waals surface area contributed by atoms with Crippen LogP contribution < -0.4 is 10.6 Å². The molecule has 5 heteroatoms. The lowest BCUT2D eigenvalue weighted by atomic mass is 9.98. The molecule has 1 fully saturated rings. The molecule has 2 rings (SSSR count). The molecule has 5 nitrogen and oxygen atoms in total. The summed E-state index contributed by atoms with van der Waals surface area (Å²) < 4.78 is 0. The number of amides is 1. The second-order valence-corrected chi connectivity index (χ2v) is 5.10. The lowest BCUT2D eigenvalue weighted by Gasteiger charge is -2.22. The van der Waals surface area contributed by atoms with Crippen LogP contribution in [-0.2, 0) is 22.6 Å². The van der Waals surface area contributed by atoms with Gasteiger partial charge in [0.2, 0.25) is 5.91 Å². The summed E-state index contributed by atoms with van der Waals surface area (Å²) in [6.45, 7) is 2.09. The quantitative estimate of drug-likeness (QED) is 0.747. The van der Waals surface area contributed by atoms with Gasteiger partial charge in [0.05, 0.1) is 12.3 Å². The van der Waals surface area contributed by atoms with E-state index in [1.165, 1.54) is 0 Å². The zero-order valence-electron chi connectivity index (χ0n) is 11.4. The molecular formula is C15H20N2O3. The first-order valence-corrected chi connectivity index (χ1v) is 6.94. The van der Waals surface area contributed by atoms with E-state index in [1.54, 1.807) is 6.07 Å². The summed E-state index contributed by atoms with van der Waals surface area (Å²) in [5.41, 5.74) is 1.62. The van der Waals surface area contributed by atoms with E-state index >= 15 is 0 Å². The summed E-state index contributed by atoms with van der Waals surface area (Å²) in [6, 6.07) is 7.32. The van der Waals surface area contributed by atoms with Crippen LogP contribution in [0, 0.1) is 5.92 Å². The van der Waals surface area contributed by atoms with Crippen LogP contribution in [0.1, 0.15) is 24.0 Å². The fourth-order valence-electron chi connectivity index (χ4n) is 2.47. The number of hydrogen-bond donors (Lipinski definition) is 3. The van der Waals surface area contributed by atoms with Crippen molar-refractivity contribution >= 4 is 11.9 Å². The van der Waals surface area contributed by atoms with Gasteiger partial charge in [0.1, 0.15) is 0 Å². The fraction of sp³-hybridized carbons (Fsp3) is 0.467. The zero-order valence-corrected chi connectivity index (χ0v) is 11.4. The fourth-order valence-corrected chi connectivity index (χ4v) is 2.47. The monoisotopic (exact) mass is 276 g/mol. The van der Waals surface area contributed by atoms with Crippen molar-refractivity contribution < 1.29 is 14.7 Å². The highest BCUT2D eigenvalue weighted by Gasteiger charge is 2.20. The van der Waals surface area contributed by atoms with Crippen LogP contribution in [0.2, 0.25) is 0 Å². The van der Waals surface area contributed by atoms with Crippen LogP contribution in [0.5, 0.6) is 0 Å². The Balaban J connectivity index is 1.92. The molecule has 0 unspecified atom stereocenters. The van der Waals surface area contributed by atoms with Crippen molar-refractivity contribution in [3.63, 3.8) is 0 Å². The Bertz CT molecular complexity index is 482. The van der Waals surface area contributed by atoms with Crippen molar-refractivity contribution in [1.29, 1.82) is 0 Å². The molecule has 0 aliphatic carbocycles. The first-order valence-electron chi connectivity index (χ1n) is 6.94. The molecule has 1 amide bonds. The van der Waals surface area contributed by atoms with E-state index in [2.05, 4.69) is 10.6 Å². The van der Waals surface area contributed by atoms with Gasteiger partial charge in [-0.3, -0.25) is 9.59 Å². The minimum absolute atomic E-state index is 0.0168. The summed E-state index contributed by atoms with van der Waals surface area (Å²) in [7, 11) is 0. The molecule has 0 saturated carbocycles. The van der Waals surface area contributed by atoms with Crippen LogP contribution in [-0.4, -0.2) is 30.1 Å². The minimum Gasteiger partial charge on any atom is -0.481 e. The third-order valence-electron chi connectivity index (χ3n) is 3.58.